The molecule has 0 radical (unpaired) electrons. The van der Waals surface area contributed by atoms with E-state index in [0.29, 0.717) is 0 Å². The van der Waals surface area contributed by atoms with Gasteiger partial charge in [-0.1, -0.05) is 18.2 Å². The second-order valence-corrected chi connectivity index (χ2v) is 12.6. The summed E-state index contributed by atoms with van der Waals surface area (Å²) in [5, 5.41) is 12.3. The first-order chi connectivity index (χ1) is 20.8. The van der Waals surface area contributed by atoms with Crippen molar-refractivity contribution in [1.29, 1.82) is 0 Å². The molecule has 2 heterocycles. The Bertz CT molecular complexity index is 1470. The van der Waals surface area contributed by atoms with Gasteiger partial charge in [0.05, 0.1) is 28.4 Å². The van der Waals surface area contributed by atoms with Crippen LogP contribution in [0.1, 0.15) is 68.4 Å². The summed E-state index contributed by atoms with van der Waals surface area (Å²) in [7, 11) is 0. The summed E-state index contributed by atoms with van der Waals surface area (Å²) in [6.07, 6.45) is -11.1. The van der Waals surface area contributed by atoms with Crippen LogP contribution in [0.15, 0.2) is 53.1 Å². The lowest BCUT2D eigenvalue weighted by Crippen LogP contribution is -2.81. The van der Waals surface area contributed by atoms with E-state index in [4.69, 9.17) is 28.1 Å². The Morgan fingerprint density at radius 2 is 1.56 bits per heavy atom. The Morgan fingerprint density at radius 3 is 2.13 bits per heavy atom. The highest BCUT2D eigenvalue weighted by Crippen LogP contribution is 2.69. The van der Waals surface area contributed by atoms with Crippen molar-refractivity contribution < 1.29 is 65.6 Å². The molecule has 2 saturated carbocycles. The number of rotatable bonds is 6. The molecule has 2 bridgehead atoms. The molecule has 45 heavy (non-hydrogen) atoms. The smallest absolute Gasteiger partial charge is 0.458 e. The molecule has 1 N–H and O–H groups in total. The Labute approximate surface area is 255 Å². The number of aliphatic hydroxyl groups is 1. The highest BCUT2D eigenvalue weighted by molar-refractivity contribution is 5.89. The third-order valence-corrected chi connectivity index (χ3v) is 9.35. The van der Waals surface area contributed by atoms with Gasteiger partial charge in [0.2, 0.25) is 5.76 Å². The first kappa shape index (κ1) is 32.5. The minimum atomic E-state index is -5.40. The number of benzene rings is 1. The molecule has 5 rings (SSSR count). The third kappa shape index (κ3) is 5.17. The quantitative estimate of drug-likeness (QED) is 0.359. The molecule has 0 amide bonds. The van der Waals surface area contributed by atoms with Gasteiger partial charge in [-0.15, -0.1) is 0 Å². The number of hydrogen-bond acceptors (Lipinski definition) is 11. The molecule has 1 aromatic heterocycles. The molecule has 244 valence electrons. The summed E-state index contributed by atoms with van der Waals surface area (Å²) in [4.78, 5) is 51.5. The van der Waals surface area contributed by atoms with Crippen LogP contribution in [0, 0.1) is 11.3 Å². The summed E-state index contributed by atoms with van der Waals surface area (Å²) < 4.78 is 75.2. The zero-order chi connectivity index (χ0) is 33.2. The fourth-order valence-corrected chi connectivity index (χ4v) is 7.52. The van der Waals surface area contributed by atoms with E-state index in [1.807, 2.05) is 0 Å². The fourth-order valence-electron chi connectivity index (χ4n) is 7.52. The SMILES string of the molecule is CC(=O)O[C@H]1[C@@H](OC(=O)c2ccccc2)C[C@@](C)(O)[C@]23OC(C)(C)[C@H](C[C@H](OC(=O)c4ccco4)[C@]12C)[C@H]3OC(=O)C(F)(F)F. The second kappa shape index (κ2) is 10.9. The Balaban J connectivity index is 1.70. The lowest BCUT2D eigenvalue weighted by Gasteiger charge is -2.65. The van der Waals surface area contributed by atoms with E-state index in [1.54, 1.807) is 18.2 Å². The van der Waals surface area contributed by atoms with Gasteiger partial charge >= 0.3 is 30.1 Å². The van der Waals surface area contributed by atoms with Crippen LogP contribution in [0.5, 0.6) is 0 Å². The average Bonchev–Trinajstić information content (AvgIpc) is 3.54. The van der Waals surface area contributed by atoms with Crippen molar-refractivity contribution in [3.8, 4) is 0 Å². The minimum Gasteiger partial charge on any atom is -0.458 e. The molecule has 1 aromatic carbocycles. The van der Waals surface area contributed by atoms with Crippen molar-refractivity contribution in [3.63, 3.8) is 0 Å². The van der Waals surface area contributed by atoms with Gasteiger partial charge < -0.3 is 33.2 Å². The summed E-state index contributed by atoms with van der Waals surface area (Å²) in [6.45, 7) is 6.76. The van der Waals surface area contributed by atoms with Crippen LogP contribution in [-0.2, 0) is 33.3 Å². The molecule has 14 heteroatoms. The highest BCUT2D eigenvalue weighted by Gasteiger charge is 2.84. The number of carbonyl (C=O) groups excluding carboxylic acids is 4. The van der Waals surface area contributed by atoms with E-state index >= 15 is 0 Å². The molecular formula is C31H33F3O11. The average molecular weight is 639 g/mol. The first-order valence-corrected chi connectivity index (χ1v) is 14.2. The van der Waals surface area contributed by atoms with Gasteiger partial charge in [-0.2, -0.15) is 13.2 Å². The van der Waals surface area contributed by atoms with Crippen molar-refractivity contribution >= 4 is 23.9 Å². The highest BCUT2D eigenvalue weighted by atomic mass is 19.4. The molecule has 3 fully saturated rings. The van der Waals surface area contributed by atoms with E-state index < -0.39 is 89.0 Å². The molecule has 3 aliphatic rings. The maximum absolute atomic E-state index is 13.6. The molecule has 1 spiro atoms. The number of fused-ring (bicyclic) bond motifs is 1. The number of esters is 4. The second-order valence-electron chi connectivity index (χ2n) is 12.6. The number of hydrogen-bond donors (Lipinski definition) is 1. The van der Waals surface area contributed by atoms with Gasteiger partial charge in [0, 0.05) is 19.3 Å². The van der Waals surface area contributed by atoms with Gasteiger partial charge in [0.1, 0.15) is 23.9 Å². The van der Waals surface area contributed by atoms with E-state index in [0.717, 1.165) is 6.92 Å². The van der Waals surface area contributed by atoms with E-state index in [2.05, 4.69) is 0 Å². The monoisotopic (exact) mass is 638 g/mol. The molecule has 8 atom stereocenters. The van der Waals surface area contributed by atoms with Crippen molar-refractivity contribution in [2.45, 2.75) is 94.9 Å². The van der Waals surface area contributed by atoms with E-state index in [9.17, 15) is 37.5 Å². The summed E-state index contributed by atoms with van der Waals surface area (Å²) >= 11 is 0. The molecule has 2 aromatic rings. The van der Waals surface area contributed by atoms with E-state index in [-0.39, 0.29) is 17.7 Å². The first-order valence-electron chi connectivity index (χ1n) is 14.2. The predicted molar refractivity (Wildman–Crippen MR) is 144 cm³/mol. The van der Waals surface area contributed by atoms with Crippen molar-refractivity contribution in [3.05, 3.63) is 60.1 Å². The largest absolute Gasteiger partial charge is 0.490 e. The van der Waals surface area contributed by atoms with Crippen LogP contribution in [-0.4, -0.2) is 76.4 Å². The molecular weight excluding hydrogens is 605 g/mol. The molecule has 2 aliphatic carbocycles. The maximum atomic E-state index is 13.6. The van der Waals surface area contributed by atoms with Crippen LogP contribution >= 0.6 is 0 Å². The van der Waals surface area contributed by atoms with Gasteiger partial charge in [0.15, 0.2) is 6.10 Å². The summed E-state index contributed by atoms with van der Waals surface area (Å²) in [6, 6.07) is 10.6. The van der Waals surface area contributed by atoms with Gasteiger partial charge in [-0.05, 0) is 58.4 Å². The zero-order valence-electron chi connectivity index (χ0n) is 25.1. The number of ether oxygens (including phenoxy) is 5. The zero-order valence-corrected chi connectivity index (χ0v) is 25.1. The lowest BCUT2D eigenvalue weighted by molar-refractivity contribution is -0.345. The van der Waals surface area contributed by atoms with Gasteiger partial charge in [0.25, 0.3) is 0 Å². The Morgan fingerprint density at radius 1 is 0.889 bits per heavy atom. The lowest BCUT2D eigenvalue weighted by atomic mass is 9.47. The molecule has 11 nitrogen and oxygen atoms in total. The molecule has 0 unspecified atom stereocenters. The summed E-state index contributed by atoms with van der Waals surface area (Å²) in [5.74, 6) is -6.47. The standard InChI is InChI=1S/C31H33F3O11/c1-16(35)41-23-20(42-24(36)17-10-7-6-8-11-17)15-28(4,39)30-22(44-26(38)31(32,33)34)18(27(2,3)45-30)14-21(29(23,30)5)43-25(37)19-12-9-13-40-19/h6-13,18,20-23,39H,14-15H2,1-5H3/t18-,20+,21+,22-,23+,28-,29-,30+/m1/s1. The third-order valence-electron chi connectivity index (χ3n) is 9.35. The van der Waals surface area contributed by atoms with E-state index in [1.165, 1.54) is 58.2 Å². The number of alkyl halides is 3. The van der Waals surface area contributed by atoms with Crippen molar-refractivity contribution in [2.24, 2.45) is 11.3 Å². The minimum absolute atomic E-state index is 0.129. The van der Waals surface area contributed by atoms with Crippen LogP contribution in [0.3, 0.4) is 0 Å². The Kier molecular flexibility index (Phi) is 7.84. The Hall–Kier alpha value is -3.91. The normalized spacial score (nSPS) is 35.1. The molecule has 1 saturated heterocycles. The maximum Gasteiger partial charge on any atom is 0.490 e. The molecule has 1 aliphatic heterocycles. The van der Waals surface area contributed by atoms with Crippen LogP contribution < -0.4 is 0 Å². The van der Waals surface area contributed by atoms with Crippen molar-refractivity contribution in [1.82, 2.24) is 0 Å². The topological polar surface area (TPSA) is 148 Å². The fraction of sp³-hybridized carbons (Fsp3) is 0.548. The van der Waals surface area contributed by atoms with Crippen LogP contribution in [0.2, 0.25) is 0 Å². The van der Waals surface area contributed by atoms with Gasteiger partial charge in [-0.25, -0.2) is 14.4 Å². The number of carbonyl (C=O) groups is 4. The van der Waals surface area contributed by atoms with Crippen molar-refractivity contribution in [2.75, 3.05) is 0 Å². The number of furan rings is 1. The van der Waals surface area contributed by atoms with Crippen LogP contribution in [0.25, 0.3) is 0 Å². The predicted octanol–water partition coefficient (Wildman–Crippen LogP) is 4.16. The number of halogens is 3. The van der Waals surface area contributed by atoms with Gasteiger partial charge in [-0.3, -0.25) is 4.79 Å². The summed E-state index contributed by atoms with van der Waals surface area (Å²) in [5.41, 5.74) is -7.77. The van der Waals surface area contributed by atoms with Crippen LogP contribution in [0.4, 0.5) is 13.2 Å².